The van der Waals surface area contributed by atoms with Gasteiger partial charge in [-0.15, -0.1) is 0 Å². The van der Waals surface area contributed by atoms with Crippen molar-refractivity contribution >= 4 is 22.0 Å². The van der Waals surface area contributed by atoms with E-state index in [9.17, 15) is 9.18 Å². The molecule has 106 valence electrons. The predicted molar refractivity (Wildman–Crippen MR) is 76.9 cm³/mol. The van der Waals surface area contributed by atoms with E-state index in [-0.39, 0.29) is 11.9 Å². The van der Waals surface area contributed by atoms with Gasteiger partial charge in [0.15, 0.2) is 0 Å². The average molecular weight is 332 g/mol. The van der Waals surface area contributed by atoms with Crippen LogP contribution in [0, 0.1) is 5.82 Å². The van der Waals surface area contributed by atoms with E-state index >= 15 is 0 Å². The summed E-state index contributed by atoms with van der Waals surface area (Å²) in [5.41, 5.74) is 0.318. The Kier molecular flexibility index (Phi) is 5.79. The van der Waals surface area contributed by atoms with Gasteiger partial charge in [0.05, 0.1) is 6.04 Å². The number of alkyl carbamates (subject to hydrolysis) is 1. The van der Waals surface area contributed by atoms with Crippen molar-refractivity contribution in [3.63, 3.8) is 0 Å². The van der Waals surface area contributed by atoms with E-state index in [1.165, 1.54) is 12.1 Å². The fourth-order valence-electron chi connectivity index (χ4n) is 1.58. The molecule has 1 aromatic carbocycles. The van der Waals surface area contributed by atoms with E-state index in [1.54, 1.807) is 12.1 Å². The number of alkyl halides is 1. The van der Waals surface area contributed by atoms with Crippen molar-refractivity contribution in [3.8, 4) is 0 Å². The number of hydrogen-bond donors (Lipinski definition) is 1. The minimum atomic E-state index is -0.536. The summed E-state index contributed by atoms with van der Waals surface area (Å²) in [5, 5.41) is 3.52. The maximum Gasteiger partial charge on any atom is 0.408 e. The van der Waals surface area contributed by atoms with Crippen molar-refractivity contribution in [1.82, 2.24) is 5.32 Å². The number of amides is 1. The Balaban J connectivity index is 2.73. The lowest BCUT2D eigenvalue weighted by atomic mass is 10.0. The maximum atomic E-state index is 12.9. The van der Waals surface area contributed by atoms with Crippen LogP contribution >= 0.6 is 15.9 Å². The van der Waals surface area contributed by atoms with Crippen LogP contribution in [0.4, 0.5) is 9.18 Å². The van der Waals surface area contributed by atoms with Crippen LogP contribution in [0.15, 0.2) is 24.3 Å². The van der Waals surface area contributed by atoms with Crippen molar-refractivity contribution in [3.05, 3.63) is 35.6 Å². The molecule has 0 radical (unpaired) electrons. The van der Waals surface area contributed by atoms with Gasteiger partial charge in [0, 0.05) is 5.33 Å². The molecule has 1 N–H and O–H groups in total. The topological polar surface area (TPSA) is 38.3 Å². The zero-order valence-electron chi connectivity index (χ0n) is 11.4. The maximum absolute atomic E-state index is 12.9. The molecule has 1 amide bonds. The van der Waals surface area contributed by atoms with Crippen molar-refractivity contribution in [2.75, 3.05) is 5.33 Å². The van der Waals surface area contributed by atoms with E-state index in [1.807, 2.05) is 20.8 Å². The number of halogens is 2. The van der Waals surface area contributed by atoms with Gasteiger partial charge in [0.1, 0.15) is 11.4 Å². The van der Waals surface area contributed by atoms with Gasteiger partial charge < -0.3 is 10.1 Å². The first-order valence-corrected chi connectivity index (χ1v) is 7.25. The molecule has 1 rings (SSSR count). The Hall–Kier alpha value is -1.10. The lowest BCUT2D eigenvalue weighted by Crippen LogP contribution is -2.35. The van der Waals surface area contributed by atoms with Crippen LogP contribution in [0.3, 0.4) is 0 Å². The predicted octanol–water partition coefficient (Wildman–Crippen LogP) is 4.18. The summed E-state index contributed by atoms with van der Waals surface area (Å²) in [5.74, 6) is -0.293. The Morgan fingerprint density at radius 2 is 1.95 bits per heavy atom. The third-order valence-corrected chi connectivity index (χ3v) is 2.82. The summed E-state index contributed by atoms with van der Waals surface area (Å²) in [7, 11) is 0. The summed E-state index contributed by atoms with van der Waals surface area (Å²) in [4.78, 5) is 11.8. The van der Waals surface area contributed by atoms with Crippen LogP contribution in [0.25, 0.3) is 0 Å². The number of hydrogen-bond acceptors (Lipinski definition) is 2. The lowest BCUT2D eigenvalue weighted by molar-refractivity contribution is 0.0502. The first-order valence-electron chi connectivity index (χ1n) is 6.13. The zero-order chi connectivity index (χ0) is 14.5. The highest BCUT2D eigenvalue weighted by Gasteiger charge is 2.20. The van der Waals surface area contributed by atoms with Crippen LogP contribution in [-0.4, -0.2) is 17.0 Å². The molecule has 0 fully saturated rings. The molecule has 1 atom stereocenters. The Labute approximate surface area is 121 Å². The molecule has 5 heteroatoms. The first kappa shape index (κ1) is 16.0. The number of nitrogens with one attached hydrogen (secondary N) is 1. The van der Waals surface area contributed by atoms with Gasteiger partial charge in [-0.05, 0) is 44.9 Å². The summed E-state index contributed by atoms with van der Waals surface area (Å²) < 4.78 is 18.1. The van der Waals surface area contributed by atoms with Gasteiger partial charge in [0.25, 0.3) is 0 Å². The second-order valence-corrected chi connectivity index (χ2v) is 6.02. The van der Waals surface area contributed by atoms with E-state index in [4.69, 9.17) is 4.74 Å². The number of benzene rings is 1. The molecule has 0 aliphatic heterocycles. The van der Waals surface area contributed by atoms with Crippen LogP contribution in [0.5, 0.6) is 0 Å². The quantitative estimate of drug-likeness (QED) is 0.840. The minimum absolute atomic E-state index is 0.199. The molecule has 0 unspecified atom stereocenters. The highest BCUT2D eigenvalue weighted by molar-refractivity contribution is 9.09. The number of carbonyl (C=O) groups is 1. The van der Waals surface area contributed by atoms with Crippen LogP contribution < -0.4 is 5.32 Å². The second-order valence-electron chi connectivity index (χ2n) is 5.23. The molecule has 0 aliphatic rings. The van der Waals surface area contributed by atoms with Crippen LogP contribution in [-0.2, 0) is 4.74 Å². The van der Waals surface area contributed by atoms with E-state index < -0.39 is 11.7 Å². The fraction of sp³-hybridized carbons (Fsp3) is 0.500. The summed E-state index contributed by atoms with van der Waals surface area (Å²) in [6.45, 7) is 5.43. The molecular weight excluding hydrogens is 313 g/mol. The summed E-state index contributed by atoms with van der Waals surface area (Å²) >= 11 is 3.35. The molecule has 0 saturated carbocycles. The molecular formula is C14H19BrFNO2. The van der Waals surface area contributed by atoms with Crippen LogP contribution in [0.1, 0.15) is 38.8 Å². The highest BCUT2D eigenvalue weighted by atomic mass is 79.9. The minimum Gasteiger partial charge on any atom is -0.444 e. The van der Waals surface area contributed by atoms with Gasteiger partial charge in [-0.2, -0.15) is 0 Å². The standard InChI is InChI=1S/C14H19BrFNO2/c1-14(2,3)19-13(18)17-12(8-9-15)10-4-6-11(16)7-5-10/h4-7,12H,8-9H2,1-3H3,(H,17,18)/t12-/m1/s1. The number of rotatable bonds is 4. The third kappa shape index (κ3) is 6.05. The molecule has 0 aliphatic carbocycles. The molecule has 19 heavy (non-hydrogen) atoms. The zero-order valence-corrected chi connectivity index (χ0v) is 13.0. The Morgan fingerprint density at radius 3 is 2.42 bits per heavy atom. The van der Waals surface area contributed by atoms with Gasteiger partial charge in [-0.1, -0.05) is 28.1 Å². The van der Waals surface area contributed by atoms with Gasteiger partial charge in [0.2, 0.25) is 0 Å². The molecule has 1 aromatic rings. The lowest BCUT2D eigenvalue weighted by Gasteiger charge is -2.23. The van der Waals surface area contributed by atoms with E-state index in [0.29, 0.717) is 6.42 Å². The van der Waals surface area contributed by atoms with E-state index in [0.717, 1.165) is 10.9 Å². The Morgan fingerprint density at radius 1 is 1.37 bits per heavy atom. The van der Waals surface area contributed by atoms with Gasteiger partial charge in [-0.25, -0.2) is 9.18 Å². The summed E-state index contributed by atoms with van der Waals surface area (Å²) in [6, 6.07) is 5.90. The normalized spacial score (nSPS) is 12.9. The van der Waals surface area contributed by atoms with Crippen molar-refractivity contribution < 1.29 is 13.9 Å². The molecule has 0 spiro atoms. The number of carbonyl (C=O) groups excluding carboxylic acids is 1. The van der Waals surface area contributed by atoms with E-state index in [2.05, 4.69) is 21.2 Å². The van der Waals surface area contributed by atoms with Gasteiger partial charge >= 0.3 is 6.09 Å². The first-order chi connectivity index (χ1) is 8.81. The van der Waals surface area contributed by atoms with Gasteiger partial charge in [-0.3, -0.25) is 0 Å². The molecule has 0 saturated heterocycles. The smallest absolute Gasteiger partial charge is 0.408 e. The molecule has 0 heterocycles. The third-order valence-electron chi connectivity index (χ3n) is 2.36. The Bertz CT molecular complexity index is 414. The van der Waals surface area contributed by atoms with Crippen LogP contribution in [0.2, 0.25) is 0 Å². The molecule has 0 bridgehead atoms. The fourth-order valence-corrected chi connectivity index (χ4v) is 2.03. The SMILES string of the molecule is CC(C)(C)OC(=O)N[C@H](CCBr)c1ccc(F)cc1. The van der Waals surface area contributed by atoms with Crippen molar-refractivity contribution in [1.29, 1.82) is 0 Å². The number of ether oxygens (including phenoxy) is 1. The van der Waals surface area contributed by atoms with Crippen molar-refractivity contribution in [2.24, 2.45) is 0 Å². The monoisotopic (exact) mass is 331 g/mol. The molecule has 0 aromatic heterocycles. The summed E-state index contributed by atoms with van der Waals surface area (Å²) in [6.07, 6.45) is 0.230. The highest BCUT2D eigenvalue weighted by Crippen LogP contribution is 2.19. The molecule has 3 nitrogen and oxygen atoms in total. The second kappa shape index (κ2) is 6.89. The largest absolute Gasteiger partial charge is 0.444 e. The van der Waals surface area contributed by atoms with Crippen molar-refractivity contribution in [2.45, 2.75) is 38.8 Å². The average Bonchev–Trinajstić information content (AvgIpc) is 2.27.